The molecule has 0 aliphatic carbocycles. The molecule has 0 aliphatic rings. The fraction of sp³-hybridized carbons (Fsp3) is 0. The highest BCUT2D eigenvalue weighted by Gasteiger charge is 2.04. The SMILES string of the molecule is Nc1ccc(N)c2nc3ccccc3cc12. The summed E-state index contributed by atoms with van der Waals surface area (Å²) in [7, 11) is 0. The minimum absolute atomic E-state index is 0.662. The number of nitrogen functional groups attached to an aromatic ring is 2. The molecule has 0 spiro atoms. The van der Waals surface area contributed by atoms with Crippen LogP contribution in [0.5, 0.6) is 0 Å². The summed E-state index contributed by atoms with van der Waals surface area (Å²) in [5.41, 5.74) is 14.9. The van der Waals surface area contributed by atoms with Gasteiger partial charge < -0.3 is 11.5 Å². The second-order valence-electron chi connectivity index (χ2n) is 3.82. The van der Waals surface area contributed by atoms with E-state index < -0.39 is 0 Å². The molecule has 0 saturated heterocycles. The molecule has 0 unspecified atom stereocenters. The topological polar surface area (TPSA) is 64.9 Å². The Bertz CT molecular complexity index is 629. The van der Waals surface area contributed by atoms with E-state index in [0.29, 0.717) is 11.4 Å². The third-order valence-electron chi connectivity index (χ3n) is 2.75. The maximum Gasteiger partial charge on any atom is 0.0959 e. The Morgan fingerprint density at radius 1 is 0.875 bits per heavy atom. The summed E-state index contributed by atoms with van der Waals surface area (Å²) in [6, 6.07) is 13.6. The quantitative estimate of drug-likeness (QED) is 0.441. The van der Waals surface area contributed by atoms with Gasteiger partial charge in [0, 0.05) is 16.5 Å². The Morgan fingerprint density at radius 3 is 2.50 bits per heavy atom. The maximum atomic E-state index is 5.92. The van der Waals surface area contributed by atoms with Crippen LogP contribution in [0.1, 0.15) is 0 Å². The zero-order valence-electron chi connectivity index (χ0n) is 8.64. The minimum atomic E-state index is 0.662. The third kappa shape index (κ3) is 1.18. The Labute approximate surface area is 92.7 Å². The van der Waals surface area contributed by atoms with E-state index in [4.69, 9.17) is 11.5 Å². The van der Waals surface area contributed by atoms with Crippen LogP contribution in [-0.2, 0) is 0 Å². The lowest BCUT2D eigenvalue weighted by Gasteiger charge is -2.06. The number of rotatable bonds is 0. The van der Waals surface area contributed by atoms with Crippen molar-refractivity contribution >= 4 is 33.2 Å². The number of benzene rings is 2. The Morgan fingerprint density at radius 2 is 1.62 bits per heavy atom. The largest absolute Gasteiger partial charge is 0.398 e. The normalized spacial score (nSPS) is 11.0. The summed E-state index contributed by atoms with van der Waals surface area (Å²) in [6.45, 7) is 0. The number of nitrogens with zero attached hydrogens (tertiary/aromatic N) is 1. The van der Waals surface area contributed by atoms with Crippen molar-refractivity contribution in [1.29, 1.82) is 0 Å². The first kappa shape index (κ1) is 8.97. The number of fused-ring (bicyclic) bond motifs is 2. The van der Waals surface area contributed by atoms with Crippen molar-refractivity contribution in [1.82, 2.24) is 4.98 Å². The maximum absolute atomic E-state index is 5.92. The first-order valence-corrected chi connectivity index (χ1v) is 5.09. The molecule has 0 saturated carbocycles. The van der Waals surface area contributed by atoms with Crippen LogP contribution in [0.2, 0.25) is 0 Å². The molecule has 1 aromatic heterocycles. The van der Waals surface area contributed by atoms with Gasteiger partial charge in [0.25, 0.3) is 0 Å². The lowest BCUT2D eigenvalue weighted by Crippen LogP contribution is -1.94. The van der Waals surface area contributed by atoms with Gasteiger partial charge in [0.15, 0.2) is 0 Å². The molecule has 0 atom stereocenters. The van der Waals surface area contributed by atoms with Crippen LogP contribution in [-0.4, -0.2) is 4.98 Å². The predicted octanol–water partition coefficient (Wildman–Crippen LogP) is 2.55. The van der Waals surface area contributed by atoms with Crippen molar-refractivity contribution in [3.05, 3.63) is 42.5 Å². The summed E-state index contributed by atoms with van der Waals surface area (Å²) in [5.74, 6) is 0. The number of aromatic nitrogens is 1. The van der Waals surface area contributed by atoms with Gasteiger partial charge in [-0.25, -0.2) is 4.98 Å². The number of hydrogen-bond donors (Lipinski definition) is 2. The Balaban J connectivity index is 2.56. The van der Waals surface area contributed by atoms with Crippen LogP contribution in [0.25, 0.3) is 21.8 Å². The molecule has 0 fully saturated rings. The average molecular weight is 209 g/mol. The van der Waals surface area contributed by atoms with Crippen LogP contribution in [0.4, 0.5) is 11.4 Å². The zero-order chi connectivity index (χ0) is 11.1. The molecule has 1 heterocycles. The number of anilines is 2. The monoisotopic (exact) mass is 209 g/mol. The van der Waals surface area contributed by atoms with Crippen molar-refractivity contribution in [2.45, 2.75) is 0 Å². The van der Waals surface area contributed by atoms with Gasteiger partial charge in [-0.3, -0.25) is 0 Å². The van der Waals surface area contributed by atoms with Crippen molar-refractivity contribution in [2.24, 2.45) is 0 Å². The highest BCUT2D eigenvalue weighted by molar-refractivity contribution is 6.03. The van der Waals surface area contributed by atoms with E-state index in [0.717, 1.165) is 21.8 Å². The number of para-hydroxylation sites is 1. The number of pyridine rings is 1. The molecule has 3 nitrogen and oxygen atoms in total. The molecule has 0 aliphatic heterocycles. The second kappa shape index (κ2) is 3.10. The first-order valence-electron chi connectivity index (χ1n) is 5.09. The molecular weight excluding hydrogens is 198 g/mol. The van der Waals surface area contributed by atoms with Gasteiger partial charge in [-0.05, 0) is 24.3 Å². The van der Waals surface area contributed by atoms with E-state index in [1.807, 2.05) is 36.4 Å². The molecule has 78 valence electrons. The zero-order valence-corrected chi connectivity index (χ0v) is 8.64. The minimum Gasteiger partial charge on any atom is -0.398 e. The van der Waals surface area contributed by atoms with Crippen LogP contribution in [0.3, 0.4) is 0 Å². The first-order chi connectivity index (χ1) is 7.75. The lowest BCUT2D eigenvalue weighted by molar-refractivity contribution is 1.50. The smallest absolute Gasteiger partial charge is 0.0959 e. The molecule has 0 radical (unpaired) electrons. The lowest BCUT2D eigenvalue weighted by atomic mass is 10.1. The van der Waals surface area contributed by atoms with E-state index in [1.165, 1.54) is 0 Å². The third-order valence-corrected chi connectivity index (χ3v) is 2.75. The van der Waals surface area contributed by atoms with Gasteiger partial charge in [-0.15, -0.1) is 0 Å². The molecule has 0 amide bonds. The molecule has 3 heteroatoms. The van der Waals surface area contributed by atoms with E-state index >= 15 is 0 Å². The molecular formula is C13H11N3. The van der Waals surface area contributed by atoms with Crippen molar-refractivity contribution in [2.75, 3.05) is 11.5 Å². The highest BCUT2D eigenvalue weighted by Crippen LogP contribution is 2.27. The number of nitrogens with two attached hydrogens (primary N) is 2. The summed E-state index contributed by atoms with van der Waals surface area (Å²) >= 11 is 0. The van der Waals surface area contributed by atoms with Crippen molar-refractivity contribution < 1.29 is 0 Å². The Hall–Kier alpha value is -2.29. The van der Waals surface area contributed by atoms with E-state index in [-0.39, 0.29) is 0 Å². The van der Waals surface area contributed by atoms with Crippen LogP contribution in [0, 0.1) is 0 Å². The van der Waals surface area contributed by atoms with E-state index in [1.54, 1.807) is 6.07 Å². The number of hydrogen-bond acceptors (Lipinski definition) is 3. The molecule has 16 heavy (non-hydrogen) atoms. The molecule has 0 bridgehead atoms. The highest BCUT2D eigenvalue weighted by atomic mass is 14.7. The Kier molecular flexibility index (Phi) is 1.74. The molecule has 3 aromatic rings. The fourth-order valence-corrected chi connectivity index (χ4v) is 1.90. The summed E-state index contributed by atoms with van der Waals surface area (Å²) < 4.78 is 0. The van der Waals surface area contributed by atoms with Crippen LogP contribution < -0.4 is 11.5 Å². The van der Waals surface area contributed by atoms with Gasteiger partial charge in [-0.1, -0.05) is 18.2 Å². The standard InChI is InChI=1S/C13H11N3/c14-10-5-6-11(15)13-9(10)7-8-3-1-2-4-12(8)16-13/h1-7H,14-15H2. The van der Waals surface area contributed by atoms with Crippen LogP contribution in [0.15, 0.2) is 42.5 Å². The molecule has 3 rings (SSSR count). The van der Waals surface area contributed by atoms with E-state index in [9.17, 15) is 0 Å². The molecule has 2 aromatic carbocycles. The van der Waals surface area contributed by atoms with Gasteiger partial charge in [0.1, 0.15) is 0 Å². The van der Waals surface area contributed by atoms with E-state index in [2.05, 4.69) is 4.98 Å². The summed E-state index contributed by atoms with van der Waals surface area (Å²) in [4.78, 5) is 4.53. The van der Waals surface area contributed by atoms with Gasteiger partial charge in [0.05, 0.1) is 16.7 Å². The fourth-order valence-electron chi connectivity index (χ4n) is 1.90. The van der Waals surface area contributed by atoms with Crippen molar-refractivity contribution in [3.63, 3.8) is 0 Å². The van der Waals surface area contributed by atoms with Gasteiger partial charge in [-0.2, -0.15) is 0 Å². The van der Waals surface area contributed by atoms with Crippen LogP contribution >= 0.6 is 0 Å². The summed E-state index contributed by atoms with van der Waals surface area (Å²) in [5, 5.41) is 1.99. The second-order valence-corrected chi connectivity index (χ2v) is 3.82. The van der Waals surface area contributed by atoms with Gasteiger partial charge >= 0.3 is 0 Å². The van der Waals surface area contributed by atoms with Gasteiger partial charge in [0.2, 0.25) is 0 Å². The predicted molar refractivity (Wildman–Crippen MR) is 68.1 cm³/mol. The van der Waals surface area contributed by atoms with Crippen molar-refractivity contribution in [3.8, 4) is 0 Å². The average Bonchev–Trinajstić information content (AvgIpc) is 2.32. The molecule has 4 N–H and O–H groups in total. The summed E-state index contributed by atoms with van der Waals surface area (Å²) in [6.07, 6.45) is 0.